The summed E-state index contributed by atoms with van der Waals surface area (Å²) in [6, 6.07) is 0. The number of hydrogen-bond acceptors (Lipinski definition) is 0. The van der Waals surface area contributed by atoms with E-state index in [2.05, 4.69) is 6.92 Å². The zero-order chi connectivity index (χ0) is 10.7. The molecule has 0 spiro atoms. The van der Waals surface area contributed by atoms with E-state index in [1.54, 1.807) is 0 Å². The SMILES string of the molecule is [CH2]CC(F)(F)CC(F)(F)CC(F)F. The molecule has 0 nitrogen and oxygen atoms in total. The molecule has 0 aliphatic heterocycles. The Balaban J connectivity index is 4.16. The van der Waals surface area contributed by atoms with Crippen LogP contribution in [0.25, 0.3) is 0 Å². The summed E-state index contributed by atoms with van der Waals surface area (Å²) in [6.45, 7) is 2.75. The second kappa shape index (κ2) is 4.19. The molecule has 0 atom stereocenters. The van der Waals surface area contributed by atoms with E-state index in [0.29, 0.717) is 0 Å². The summed E-state index contributed by atoms with van der Waals surface area (Å²) in [5.74, 6) is -7.71. The molecule has 0 unspecified atom stereocenters. The molecule has 0 N–H and O–H groups in total. The van der Waals surface area contributed by atoms with Gasteiger partial charge in [-0.05, 0) is 6.92 Å². The van der Waals surface area contributed by atoms with Crippen molar-refractivity contribution in [2.45, 2.75) is 37.5 Å². The van der Waals surface area contributed by atoms with Crippen LogP contribution in [0, 0.1) is 6.92 Å². The quantitative estimate of drug-likeness (QED) is 0.605. The molecule has 0 amide bonds. The minimum Gasteiger partial charge on any atom is -0.210 e. The molecule has 0 saturated heterocycles. The molecule has 13 heavy (non-hydrogen) atoms. The first-order valence-corrected chi connectivity index (χ1v) is 3.51. The number of alkyl halides is 6. The van der Waals surface area contributed by atoms with Gasteiger partial charge in [0, 0.05) is 6.42 Å². The average Bonchev–Trinajstić information content (AvgIpc) is 1.81. The Hall–Kier alpha value is -0.420. The number of hydrogen-bond donors (Lipinski definition) is 0. The van der Waals surface area contributed by atoms with Gasteiger partial charge in [-0.3, -0.25) is 0 Å². The van der Waals surface area contributed by atoms with Gasteiger partial charge in [0.05, 0.1) is 12.8 Å². The number of rotatable bonds is 5. The normalized spacial score (nSPS) is 13.8. The fourth-order valence-electron chi connectivity index (χ4n) is 0.765. The first-order valence-electron chi connectivity index (χ1n) is 3.51. The van der Waals surface area contributed by atoms with Crippen LogP contribution in [0.2, 0.25) is 0 Å². The van der Waals surface area contributed by atoms with Crippen molar-refractivity contribution in [2.75, 3.05) is 0 Å². The predicted molar refractivity (Wildman–Crippen MR) is 35.1 cm³/mol. The minimum atomic E-state index is -4.03. The third-order valence-electron chi connectivity index (χ3n) is 1.34. The maximum atomic E-state index is 12.4. The molecule has 0 bridgehead atoms. The number of halogens is 6. The van der Waals surface area contributed by atoms with Crippen LogP contribution < -0.4 is 0 Å². The van der Waals surface area contributed by atoms with Crippen LogP contribution in [0.1, 0.15) is 19.3 Å². The lowest BCUT2D eigenvalue weighted by Gasteiger charge is -2.21. The third-order valence-corrected chi connectivity index (χ3v) is 1.34. The second-order valence-corrected chi connectivity index (χ2v) is 2.73. The van der Waals surface area contributed by atoms with Crippen molar-refractivity contribution >= 4 is 0 Å². The zero-order valence-electron chi connectivity index (χ0n) is 6.67. The van der Waals surface area contributed by atoms with Gasteiger partial charge < -0.3 is 0 Å². The van der Waals surface area contributed by atoms with E-state index in [0.717, 1.165) is 0 Å². The lowest BCUT2D eigenvalue weighted by Crippen LogP contribution is -2.30. The summed E-state index contributed by atoms with van der Waals surface area (Å²) < 4.78 is 72.3. The highest BCUT2D eigenvalue weighted by Gasteiger charge is 2.43. The molecule has 0 rings (SSSR count). The van der Waals surface area contributed by atoms with Crippen LogP contribution in [-0.4, -0.2) is 18.3 Å². The Morgan fingerprint density at radius 2 is 1.46 bits per heavy atom. The van der Waals surface area contributed by atoms with Crippen molar-refractivity contribution in [2.24, 2.45) is 0 Å². The van der Waals surface area contributed by atoms with Gasteiger partial charge in [0.1, 0.15) is 0 Å². The Morgan fingerprint density at radius 3 is 1.77 bits per heavy atom. The van der Waals surface area contributed by atoms with Crippen LogP contribution in [0.3, 0.4) is 0 Å². The lowest BCUT2D eigenvalue weighted by molar-refractivity contribution is -0.129. The van der Waals surface area contributed by atoms with Crippen molar-refractivity contribution in [1.82, 2.24) is 0 Å². The van der Waals surface area contributed by atoms with Gasteiger partial charge in [0.2, 0.25) is 6.43 Å². The fourth-order valence-corrected chi connectivity index (χ4v) is 0.765. The van der Waals surface area contributed by atoms with Crippen LogP contribution >= 0.6 is 0 Å². The third kappa shape index (κ3) is 5.76. The highest BCUT2D eigenvalue weighted by Crippen LogP contribution is 2.36. The van der Waals surface area contributed by atoms with Gasteiger partial charge >= 0.3 is 0 Å². The first-order chi connectivity index (χ1) is 5.68. The van der Waals surface area contributed by atoms with E-state index in [-0.39, 0.29) is 0 Å². The Kier molecular flexibility index (Phi) is 4.06. The second-order valence-electron chi connectivity index (χ2n) is 2.73. The molecule has 0 aromatic rings. The molecule has 1 radical (unpaired) electrons. The van der Waals surface area contributed by atoms with E-state index in [1.807, 2.05) is 0 Å². The van der Waals surface area contributed by atoms with E-state index < -0.39 is 37.5 Å². The van der Waals surface area contributed by atoms with Gasteiger partial charge in [-0.15, -0.1) is 0 Å². The summed E-state index contributed by atoms with van der Waals surface area (Å²) in [6.07, 6.45) is -8.00. The van der Waals surface area contributed by atoms with Crippen LogP contribution in [-0.2, 0) is 0 Å². The summed E-state index contributed by atoms with van der Waals surface area (Å²) >= 11 is 0. The van der Waals surface area contributed by atoms with Gasteiger partial charge in [0.15, 0.2) is 0 Å². The van der Waals surface area contributed by atoms with Crippen molar-refractivity contribution in [3.05, 3.63) is 6.92 Å². The molecule has 6 heteroatoms. The smallest absolute Gasteiger partial charge is 0.210 e. The largest absolute Gasteiger partial charge is 0.259 e. The monoisotopic (exact) mass is 207 g/mol. The van der Waals surface area contributed by atoms with Gasteiger partial charge in [-0.1, -0.05) is 0 Å². The van der Waals surface area contributed by atoms with E-state index >= 15 is 0 Å². The molecule has 0 aliphatic rings. The van der Waals surface area contributed by atoms with Gasteiger partial charge in [-0.25, -0.2) is 26.3 Å². The lowest BCUT2D eigenvalue weighted by atomic mass is 10.1. The van der Waals surface area contributed by atoms with E-state index in [1.165, 1.54) is 0 Å². The van der Waals surface area contributed by atoms with Crippen molar-refractivity contribution < 1.29 is 26.3 Å². The standard InChI is InChI=1S/C7H9F6/c1-2-6(10,11)4-7(12,13)3-5(8)9/h5H,1-4H2. The highest BCUT2D eigenvalue weighted by molar-refractivity contribution is 4.78. The zero-order valence-corrected chi connectivity index (χ0v) is 6.67. The Labute approximate surface area is 71.9 Å². The predicted octanol–water partition coefficient (Wildman–Crippen LogP) is 3.53. The fraction of sp³-hybridized carbons (Fsp3) is 0.857. The van der Waals surface area contributed by atoms with Crippen LogP contribution in [0.4, 0.5) is 26.3 Å². The molecular weight excluding hydrogens is 198 g/mol. The average molecular weight is 207 g/mol. The van der Waals surface area contributed by atoms with E-state index in [9.17, 15) is 26.3 Å². The van der Waals surface area contributed by atoms with Gasteiger partial charge in [0.25, 0.3) is 11.8 Å². The van der Waals surface area contributed by atoms with Crippen molar-refractivity contribution in [3.8, 4) is 0 Å². The van der Waals surface area contributed by atoms with Gasteiger partial charge in [-0.2, -0.15) is 0 Å². The summed E-state index contributed by atoms with van der Waals surface area (Å²) in [5.41, 5.74) is 0. The summed E-state index contributed by atoms with van der Waals surface area (Å²) in [5, 5.41) is 0. The molecular formula is C7H9F6. The van der Waals surface area contributed by atoms with Crippen molar-refractivity contribution in [3.63, 3.8) is 0 Å². The van der Waals surface area contributed by atoms with Crippen molar-refractivity contribution in [1.29, 1.82) is 0 Å². The Bertz CT molecular complexity index is 153. The summed E-state index contributed by atoms with van der Waals surface area (Å²) in [7, 11) is 0. The molecule has 0 aliphatic carbocycles. The first kappa shape index (κ1) is 12.6. The Morgan fingerprint density at radius 1 is 1.00 bits per heavy atom. The molecule has 79 valence electrons. The molecule has 0 saturated carbocycles. The highest BCUT2D eigenvalue weighted by atomic mass is 19.3. The van der Waals surface area contributed by atoms with E-state index in [4.69, 9.17) is 0 Å². The maximum absolute atomic E-state index is 12.4. The summed E-state index contributed by atoms with van der Waals surface area (Å²) in [4.78, 5) is 0. The molecule has 0 fully saturated rings. The van der Waals surface area contributed by atoms with Crippen LogP contribution in [0.5, 0.6) is 0 Å². The molecule has 0 aromatic carbocycles. The van der Waals surface area contributed by atoms with Crippen LogP contribution in [0.15, 0.2) is 0 Å². The topological polar surface area (TPSA) is 0 Å². The minimum absolute atomic E-state index is 1.02. The maximum Gasteiger partial charge on any atom is 0.259 e. The molecule has 0 aromatic heterocycles. The molecule has 0 heterocycles.